The zero-order chi connectivity index (χ0) is 24.0. The molecule has 2 aromatic carbocycles. The molecular formula is C25H30N4O4. The van der Waals surface area contributed by atoms with Crippen LogP contribution in [0.4, 0.5) is 21.0 Å². The van der Waals surface area contributed by atoms with Crippen LogP contribution in [0.1, 0.15) is 44.4 Å². The normalized spacial score (nSPS) is 15.7. The molecule has 1 unspecified atom stereocenters. The van der Waals surface area contributed by atoms with Crippen molar-refractivity contribution in [1.29, 1.82) is 0 Å². The maximum Gasteiger partial charge on any atom is 0.337 e. The Labute approximate surface area is 194 Å². The second kappa shape index (κ2) is 10.7. The Kier molecular flexibility index (Phi) is 7.71. The highest BCUT2D eigenvalue weighted by Crippen LogP contribution is 2.32. The highest BCUT2D eigenvalue weighted by Gasteiger charge is 2.35. The van der Waals surface area contributed by atoms with E-state index in [1.165, 1.54) is 7.11 Å². The summed E-state index contributed by atoms with van der Waals surface area (Å²) in [7, 11) is 1.32. The second-order valence-electron chi connectivity index (χ2n) is 7.74. The summed E-state index contributed by atoms with van der Waals surface area (Å²) in [5.74, 6) is -0.491. The Morgan fingerprint density at radius 2 is 1.76 bits per heavy atom. The average Bonchev–Trinajstić information content (AvgIpc) is 2.81. The van der Waals surface area contributed by atoms with Crippen molar-refractivity contribution >= 4 is 29.4 Å². The molecule has 0 spiro atoms. The number of rotatable bonds is 7. The summed E-state index contributed by atoms with van der Waals surface area (Å²) in [6.07, 6.45) is 1.57. The van der Waals surface area contributed by atoms with Crippen LogP contribution in [0.2, 0.25) is 0 Å². The number of hydrogen-bond acceptors (Lipinski definition) is 4. The Morgan fingerprint density at radius 1 is 1.06 bits per heavy atom. The molecule has 1 atom stereocenters. The number of para-hydroxylation sites is 1. The topological polar surface area (TPSA) is 99.8 Å². The molecule has 174 valence electrons. The molecule has 3 rings (SSSR count). The number of ether oxygens (including phenoxy) is 1. The van der Waals surface area contributed by atoms with Gasteiger partial charge in [-0.05, 0) is 49.1 Å². The molecule has 0 bridgehead atoms. The minimum atomic E-state index is -0.641. The van der Waals surface area contributed by atoms with Crippen molar-refractivity contribution in [2.75, 3.05) is 24.3 Å². The molecule has 0 saturated carbocycles. The van der Waals surface area contributed by atoms with E-state index < -0.39 is 12.0 Å². The summed E-state index contributed by atoms with van der Waals surface area (Å²) >= 11 is 0. The molecule has 8 nitrogen and oxygen atoms in total. The minimum absolute atomic E-state index is 0.261. The first-order valence-electron chi connectivity index (χ1n) is 11.0. The Bertz CT molecular complexity index is 1060. The molecule has 0 fully saturated rings. The van der Waals surface area contributed by atoms with E-state index in [9.17, 15) is 14.4 Å². The fourth-order valence-corrected chi connectivity index (χ4v) is 3.89. The molecule has 0 radical (unpaired) electrons. The van der Waals surface area contributed by atoms with Crippen LogP contribution in [0.25, 0.3) is 0 Å². The Morgan fingerprint density at radius 3 is 2.39 bits per heavy atom. The van der Waals surface area contributed by atoms with E-state index in [2.05, 4.69) is 16.0 Å². The first-order valence-corrected chi connectivity index (χ1v) is 11.0. The third-order valence-electron chi connectivity index (χ3n) is 5.60. The van der Waals surface area contributed by atoms with Crippen LogP contribution >= 0.6 is 0 Å². The molecule has 3 N–H and O–H groups in total. The van der Waals surface area contributed by atoms with E-state index in [4.69, 9.17) is 4.74 Å². The number of allylic oxidation sites excluding steroid dienone is 1. The quantitative estimate of drug-likeness (QED) is 0.527. The average molecular weight is 451 g/mol. The van der Waals surface area contributed by atoms with Crippen LogP contribution in [0.5, 0.6) is 0 Å². The van der Waals surface area contributed by atoms with Gasteiger partial charge in [0.25, 0.3) is 0 Å². The van der Waals surface area contributed by atoms with Crippen LogP contribution in [-0.2, 0) is 16.0 Å². The monoisotopic (exact) mass is 450 g/mol. The van der Waals surface area contributed by atoms with Gasteiger partial charge in [0.1, 0.15) is 0 Å². The van der Waals surface area contributed by atoms with Gasteiger partial charge in [-0.2, -0.15) is 0 Å². The lowest BCUT2D eigenvalue weighted by Crippen LogP contribution is -2.48. The van der Waals surface area contributed by atoms with Crippen molar-refractivity contribution in [3.8, 4) is 0 Å². The standard InChI is InChI=1S/C25H30N4O4/c1-5-15-29-16(3)21(23(30)33-4)22(28-25(29)32)18-11-13-19(14-12-18)26-24(31)27-20-10-8-7-9-17(20)6-2/h7-14,22H,5-6,15H2,1-4H3,(H,28,32)(H2,26,27,31). The number of anilines is 2. The van der Waals surface area contributed by atoms with Gasteiger partial charge in [-0.3, -0.25) is 4.90 Å². The molecule has 1 heterocycles. The first kappa shape index (κ1) is 23.8. The number of carbonyl (C=O) groups excluding carboxylic acids is 3. The van der Waals surface area contributed by atoms with Gasteiger partial charge in [0.2, 0.25) is 0 Å². The predicted octanol–water partition coefficient (Wildman–Crippen LogP) is 4.82. The van der Waals surface area contributed by atoms with E-state index in [0.29, 0.717) is 29.1 Å². The highest BCUT2D eigenvalue weighted by atomic mass is 16.5. The summed E-state index contributed by atoms with van der Waals surface area (Å²) in [6.45, 7) is 6.25. The zero-order valence-electron chi connectivity index (χ0n) is 19.4. The summed E-state index contributed by atoms with van der Waals surface area (Å²) in [5.41, 5.74) is 4.07. The van der Waals surface area contributed by atoms with Gasteiger partial charge in [0.05, 0.1) is 18.7 Å². The predicted molar refractivity (Wildman–Crippen MR) is 128 cm³/mol. The maximum atomic E-state index is 12.6. The van der Waals surface area contributed by atoms with Gasteiger partial charge in [-0.15, -0.1) is 0 Å². The molecule has 2 aromatic rings. The van der Waals surface area contributed by atoms with Crippen LogP contribution in [0, 0.1) is 0 Å². The number of methoxy groups -OCH3 is 1. The number of hydrogen-bond donors (Lipinski definition) is 3. The number of esters is 1. The van der Waals surface area contributed by atoms with E-state index in [1.54, 1.807) is 36.1 Å². The van der Waals surface area contributed by atoms with Gasteiger partial charge in [-0.1, -0.05) is 44.2 Å². The molecule has 8 heteroatoms. The van der Waals surface area contributed by atoms with Gasteiger partial charge in [0.15, 0.2) is 0 Å². The van der Waals surface area contributed by atoms with E-state index >= 15 is 0 Å². The third kappa shape index (κ3) is 5.34. The van der Waals surface area contributed by atoms with Crippen LogP contribution in [0.15, 0.2) is 59.8 Å². The molecule has 33 heavy (non-hydrogen) atoms. The van der Waals surface area contributed by atoms with Crippen molar-refractivity contribution in [1.82, 2.24) is 10.2 Å². The van der Waals surface area contributed by atoms with Gasteiger partial charge in [-0.25, -0.2) is 14.4 Å². The minimum Gasteiger partial charge on any atom is -0.466 e. The third-order valence-corrected chi connectivity index (χ3v) is 5.60. The highest BCUT2D eigenvalue weighted by molar-refractivity contribution is 6.00. The van der Waals surface area contributed by atoms with Crippen LogP contribution in [0.3, 0.4) is 0 Å². The number of aryl methyl sites for hydroxylation is 1. The fourth-order valence-electron chi connectivity index (χ4n) is 3.89. The maximum absolute atomic E-state index is 12.6. The van der Waals surface area contributed by atoms with E-state index in [0.717, 1.165) is 24.1 Å². The van der Waals surface area contributed by atoms with Crippen LogP contribution < -0.4 is 16.0 Å². The SMILES string of the molecule is CCCN1C(=O)NC(c2ccc(NC(=O)Nc3ccccc3CC)cc2)C(C(=O)OC)=C1C. The molecular weight excluding hydrogens is 420 g/mol. The lowest BCUT2D eigenvalue weighted by Gasteiger charge is -2.35. The van der Waals surface area contributed by atoms with Crippen molar-refractivity contribution in [2.24, 2.45) is 0 Å². The molecule has 0 aromatic heterocycles. The largest absolute Gasteiger partial charge is 0.466 e. The summed E-state index contributed by atoms with van der Waals surface area (Å²) in [4.78, 5) is 39.2. The van der Waals surface area contributed by atoms with Gasteiger partial charge < -0.3 is 20.7 Å². The number of carbonyl (C=O) groups is 3. The zero-order valence-corrected chi connectivity index (χ0v) is 19.4. The number of nitrogens with zero attached hydrogens (tertiary/aromatic N) is 1. The molecule has 0 saturated heterocycles. The number of benzene rings is 2. The second-order valence-corrected chi connectivity index (χ2v) is 7.74. The lowest BCUT2D eigenvalue weighted by molar-refractivity contribution is -0.136. The van der Waals surface area contributed by atoms with Gasteiger partial charge in [0, 0.05) is 23.6 Å². The van der Waals surface area contributed by atoms with E-state index in [-0.39, 0.29) is 12.1 Å². The Balaban J connectivity index is 1.78. The molecule has 1 aliphatic heterocycles. The molecule has 0 aliphatic carbocycles. The van der Waals surface area contributed by atoms with Crippen molar-refractivity contribution < 1.29 is 19.1 Å². The van der Waals surface area contributed by atoms with Crippen molar-refractivity contribution in [3.63, 3.8) is 0 Å². The number of nitrogens with one attached hydrogen (secondary N) is 3. The van der Waals surface area contributed by atoms with Crippen LogP contribution in [-0.4, -0.2) is 36.6 Å². The lowest BCUT2D eigenvalue weighted by atomic mass is 9.94. The Hall–Kier alpha value is -3.81. The fraction of sp³-hybridized carbons (Fsp3) is 0.320. The summed E-state index contributed by atoms with van der Waals surface area (Å²) in [5, 5.41) is 8.57. The summed E-state index contributed by atoms with van der Waals surface area (Å²) in [6, 6.07) is 13.4. The van der Waals surface area contributed by atoms with E-state index in [1.807, 2.05) is 38.1 Å². The number of amides is 4. The smallest absolute Gasteiger partial charge is 0.337 e. The van der Waals surface area contributed by atoms with Crippen molar-refractivity contribution in [3.05, 3.63) is 70.9 Å². The first-order chi connectivity index (χ1) is 15.9. The van der Waals surface area contributed by atoms with Crippen molar-refractivity contribution in [2.45, 2.75) is 39.7 Å². The molecule has 4 amide bonds. The number of urea groups is 2. The summed E-state index contributed by atoms with van der Waals surface area (Å²) < 4.78 is 4.99. The van der Waals surface area contributed by atoms with Gasteiger partial charge >= 0.3 is 18.0 Å². The molecule has 1 aliphatic rings.